The molecule has 0 amide bonds. The highest BCUT2D eigenvalue weighted by Gasteiger charge is 2.05. The average Bonchev–Trinajstić information content (AvgIpc) is 2.33. The third-order valence-electron chi connectivity index (χ3n) is 2.25. The van der Waals surface area contributed by atoms with Gasteiger partial charge in [-0.2, -0.15) is 0 Å². The standard InChI is InChI=1S/C12H10Br2FN3/c1-2-11-17-10(14)6-12(18-11)16-9-5-7(15)3-4-8(9)13/h3-6H,2H2,1H3,(H,16,17,18). The molecule has 0 aliphatic heterocycles. The first-order valence-electron chi connectivity index (χ1n) is 5.34. The molecular formula is C12H10Br2FN3. The predicted octanol–water partition coefficient (Wildman–Crippen LogP) is 4.45. The lowest BCUT2D eigenvalue weighted by atomic mass is 10.3. The molecule has 6 heteroatoms. The monoisotopic (exact) mass is 373 g/mol. The largest absolute Gasteiger partial charge is 0.339 e. The molecule has 0 bridgehead atoms. The number of aryl methyl sites for hydroxylation is 1. The van der Waals surface area contributed by atoms with Crippen LogP contribution in [-0.2, 0) is 6.42 Å². The quantitative estimate of drug-likeness (QED) is 0.806. The van der Waals surface area contributed by atoms with E-state index >= 15 is 0 Å². The second-order valence-corrected chi connectivity index (χ2v) is 5.26. The third kappa shape index (κ3) is 3.26. The van der Waals surface area contributed by atoms with E-state index in [4.69, 9.17) is 0 Å². The zero-order chi connectivity index (χ0) is 13.1. The maximum Gasteiger partial charge on any atom is 0.135 e. The number of benzene rings is 1. The van der Waals surface area contributed by atoms with Crippen molar-refractivity contribution in [3.8, 4) is 0 Å². The van der Waals surface area contributed by atoms with Gasteiger partial charge in [0.25, 0.3) is 0 Å². The molecule has 1 aromatic heterocycles. The molecule has 3 nitrogen and oxygen atoms in total. The van der Waals surface area contributed by atoms with Gasteiger partial charge < -0.3 is 5.32 Å². The lowest BCUT2D eigenvalue weighted by Crippen LogP contribution is -2.00. The van der Waals surface area contributed by atoms with Crippen molar-refractivity contribution in [2.24, 2.45) is 0 Å². The molecule has 0 fully saturated rings. The van der Waals surface area contributed by atoms with Gasteiger partial charge in [0.15, 0.2) is 0 Å². The molecule has 1 aromatic carbocycles. The van der Waals surface area contributed by atoms with E-state index in [1.165, 1.54) is 12.1 Å². The summed E-state index contributed by atoms with van der Waals surface area (Å²) in [5.41, 5.74) is 0.627. The van der Waals surface area contributed by atoms with Gasteiger partial charge in [0, 0.05) is 17.0 Å². The van der Waals surface area contributed by atoms with Crippen LogP contribution in [0.2, 0.25) is 0 Å². The van der Waals surface area contributed by atoms with Gasteiger partial charge in [0.1, 0.15) is 22.1 Å². The molecule has 0 saturated carbocycles. The van der Waals surface area contributed by atoms with E-state index in [0.29, 0.717) is 16.1 Å². The number of nitrogens with zero attached hydrogens (tertiary/aromatic N) is 2. The minimum absolute atomic E-state index is 0.301. The molecule has 0 radical (unpaired) electrons. The van der Waals surface area contributed by atoms with Crippen molar-refractivity contribution >= 4 is 43.4 Å². The van der Waals surface area contributed by atoms with Gasteiger partial charge in [0.2, 0.25) is 0 Å². The molecule has 94 valence electrons. The maximum atomic E-state index is 13.2. The van der Waals surface area contributed by atoms with Crippen molar-refractivity contribution in [3.63, 3.8) is 0 Å². The highest BCUT2D eigenvalue weighted by Crippen LogP contribution is 2.26. The molecular weight excluding hydrogens is 365 g/mol. The van der Waals surface area contributed by atoms with Gasteiger partial charge in [-0.25, -0.2) is 14.4 Å². The Morgan fingerprint density at radius 2 is 2.00 bits per heavy atom. The molecule has 0 aliphatic rings. The van der Waals surface area contributed by atoms with E-state index < -0.39 is 0 Å². The predicted molar refractivity (Wildman–Crippen MR) is 76.5 cm³/mol. The van der Waals surface area contributed by atoms with Crippen LogP contribution in [0.25, 0.3) is 0 Å². The molecule has 0 unspecified atom stereocenters. The Hall–Kier alpha value is -1.01. The van der Waals surface area contributed by atoms with Gasteiger partial charge >= 0.3 is 0 Å². The van der Waals surface area contributed by atoms with Gasteiger partial charge in [-0.1, -0.05) is 6.92 Å². The fraction of sp³-hybridized carbons (Fsp3) is 0.167. The van der Waals surface area contributed by atoms with Crippen molar-refractivity contribution in [2.45, 2.75) is 13.3 Å². The fourth-order valence-corrected chi connectivity index (χ4v) is 2.19. The van der Waals surface area contributed by atoms with Crippen LogP contribution >= 0.6 is 31.9 Å². The number of nitrogens with one attached hydrogen (secondary N) is 1. The second-order valence-electron chi connectivity index (χ2n) is 3.59. The average molecular weight is 375 g/mol. The Bertz CT molecular complexity index is 575. The van der Waals surface area contributed by atoms with E-state index in [9.17, 15) is 4.39 Å². The Morgan fingerprint density at radius 1 is 1.22 bits per heavy atom. The molecule has 0 aliphatic carbocycles. The number of rotatable bonds is 3. The number of hydrogen-bond acceptors (Lipinski definition) is 3. The highest BCUT2D eigenvalue weighted by molar-refractivity contribution is 9.10. The molecule has 1 heterocycles. The molecule has 18 heavy (non-hydrogen) atoms. The van der Waals surface area contributed by atoms with Crippen LogP contribution in [-0.4, -0.2) is 9.97 Å². The number of anilines is 2. The van der Waals surface area contributed by atoms with Gasteiger partial charge in [-0.3, -0.25) is 0 Å². The molecule has 0 saturated heterocycles. The SMILES string of the molecule is CCc1nc(Br)cc(Nc2cc(F)ccc2Br)n1. The van der Waals surface area contributed by atoms with Crippen LogP contribution in [0.4, 0.5) is 15.9 Å². The van der Waals surface area contributed by atoms with Crippen molar-refractivity contribution in [3.05, 3.63) is 45.0 Å². The molecule has 0 atom stereocenters. The van der Waals surface area contributed by atoms with E-state index in [0.717, 1.165) is 16.7 Å². The first-order valence-corrected chi connectivity index (χ1v) is 6.92. The van der Waals surface area contributed by atoms with Crippen molar-refractivity contribution in [1.29, 1.82) is 0 Å². The van der Waals surface area contributed by atoms with Crippen LogP contribution < -0.4 is 5.32 Å². The summed E-state index contributed by atoms with van der Waals surface area (Å²) >= 11 is 6.68. The Morgan fingerprint density at radius 3 is 2.72 bits per heavy atom. The van der Waals surface area contributed by atoms with Crippen molar-refractivity contribution in [1.82, 2.24) is 9.97 Å². The lowest BCUT2D eigenvalue weighted by Gasteiger charge is -2.09. The summed E-state index contributed by atoms with van der Waals surface area (Å²) in [6, 6.07) is 6.19. The van der Waals surface area contributed by atoms with Gasteiger partial charge in [-0.15, -0.1) is 0 Å². The van der Waals surface area contributed by atoms with Crippen LogP contribution in [0.5, 0.6) is 0 Å². The Balaban J connectivity index is 2.33. The number of aromatic nitrogens is 2. The van der Waals surface area contributed by atoms with E-state index in [-0.39, 0.29) is 5.82 Å². The van der Waals surface area contributed by atoms with Crippen molar-refractivity contribution in [2.75, 3.05) is 5.32 Å². The van der Waals surface area contributed by atoms with Gasteiger partial charge in [0.05, 0.1) is 5.69 Å². The normalized spacial score (nSPS) is 10.4. The summed E-state index contributed by atoms with van der Waals surface area (Å²) < 4.78 is 14.6. The molecule has 2 aromatic rings. The Labute approximate surface area is 121 Å². The van der Waals surface area contributed by atoms with Crippen LogP contribution in [0.1, 0.15) is 12.7 Å². The molecule has 0 spiro atoms. The number of hydrogen-bond donors (Lipinski definition) is 1. The first kappa shape index (κ1) is 13.4. The van der Waals surface area contributed by atoms with E-state index in [1.54, 1.807) is 12.1 Å². The van der Waals surface area contributed by atoms with Crippen molar-refractivity contribution < 1.29 is 4.39 Å². The van der Waals surface area contributed by atoms with E-state index in [1.807, 2.05) is 6.92 Å². The smallest absolute Gasteiger partial charge is 0.135 e. The fourth-order valence-electron chi connectivity index (χ4n) is 1.42. The highest BCUT2D eigenvalue weighted by atomic mass is 79.9. The van der Waals surface area contributed by atoms with Crippen LogP contribution in [0.15, 0.2) is 33.3 Å². The summed E-state index contributed by atoms with van der Waals surface area (Å²) in [6.45, 7) is 1.98. The summed E-state index contributed by atoms with van der Waals surface area (Å²) in [5.74, 6) is 1.05. The number of halogens is 3. The summed E-state index contributed by atoms with van der Waals surface area (Å²) in [6.07, 6.45) is 0.735. The Kier molecular flexibility index (Phi) is 4.29. The van der Waals surface area contributed by atoms with Crippen LogP contribution in [0.3, 0.4) is 0 Å². The topological polar surface area (TPSA) is 37.8 Å². The summed E-state index contributed by atoms with van der Waals surface area (Å²) in [4.78, 5) is 8.54. The maximum absolute atomic E-state index is 13.2. The summed E-state index contributed by atoms with van der Waals surface area (Å²) in [7, 11) is 0. The van der Waals surface area contributed by atoms with E-state index in [2.05, 4.69) is 47.1 Å². The zero-order valence-electron chi connectivity index (χ0n) is 9.54. The minimum Gasteiger partial charge on any atom is -0.339 e. The lowest BCUT2D eigenvalue weighted by molar-refractivity contribution is 0.628. The molecule has 2 rings (SSSR count). The summed E-state index contributed by atoms with van der Waals surface area (Å²) in [5, 5.41) is 3.06. The minimum atomic E-state index is -0.301. The first-order chi connectivity index (χ1) is 8.58. The van der Waals surface area contributed by atoms with Crippen LogP contribution in [0, 0.1) is 5.82 Å². The second kappa shape index (κ2) is 5.75. The third-order valence-corrected chi connectivity index (χ3v) is 3.35. The zero-order valence-corrected chi connectivity index (χ0v) is 12.7. The van der Waals surface area contributed by atoms with Gasteiger partial charge in [-0.05, 0) is 50.1 Å². The molecule has 1 N–H and O–H groups in total.